The van der Waals surface area contributed by atoms with E-state index in [1.807, 2.05) is 6.92 Å². The smallest absolute Gasteiger partial charge is 0.262 e. The highest BCUT2D eigenvalue weighted by Crippen LogP contribution is 2.39. The fraction of sp³-hybridized carbons (Fsp3) is 0.550. The van der Waals surface area contributed by atoms with Crippen LogP contribution in [0.5, 0.6) is 0 Å². The zero-order valence-electron chi connectivity index (χ0n) is 16.8. The van der Waals surface area contributed by atoms with Crippen LogP contribution in [0, 0.1) is 5.41 Å². The predicted octanol–water partition coefficient (Wildman–Crippen LogP) is 2.34. The number of benzene rings is 1. The number of carbonyl (C=O) groups is 3. The van der Waals surface area contributed by atoms with Gasteiger partial charge in [-0.2, -0.15) is 0 Å². The lowest BCUT2D eigenvalue weighted by molar-refractivity contribution is -0.144. The van der Waals surface area contributed by atoms with E-state index in [0.29, 0.717) is 17.5 Å². The summed E-state index contributed by atoms with van der Waals surface area (Å²) in [6.07, 6.45) is 0.704. The zero-order chi connectivity index (χ0) is 20.1. The summed E-state index contributed by atoms with van der Waals surface area (Å²) in [4.78, 5) is 39.3. The molecule has 3 unspecified atom stereocenters. The Morgan fingerprint density at radius 2 is 1.56 bits per heavy atom. The third-order valence-corrected chi connectivity index (χ3v) is 6.04. The molecule has 146 valence electrons. The van der Waals surface area contributed by atoms with Gasteiger partial charge >= 0.3 is 0 Å². The third-order valence-electron chi connectivity index (χ3n) is 5.03. The summed E-state index contributed by atoms with van der Waals surface area (Å²) in [6, 6.07) is 5.46. The van der Waals surface area contributed by atoms with E-state index in [0.717, 1.165) is 4.90 Å². The van der Waals surface area contributed by atoms with Crippen molar-refractivity contribution in [2.24, 2.45) is 5.41 Å². The first-order valence-electron chi connectivity index (χ1n) is 9.40. The fourth-order valence-corrected chi connectivity index (χ4v) is 5.71. The van der Waals surface area contributed by atoms with Crippen LogP contribution in [0.3, 0.4) is 0 Å². The summed E-state index contributed by atoms with van der Waals surface area (Å²) in [6.45, 7) is 12.5. The predicted molar refractivity (Wildman–Crippen MR) is 105 cm³/mol. The Morgan fingerprint density at radius 1 is 1.04 bits per heavy atom. The number of nitrogens with zero attached hydrogens (tertiary/aromatic N) is 1. The Bertz CT molecular complexity index is 766. The molecule has 1 saturated heterocycles. The Morgan fingerprint density at radius 3 is 1.96 bits per heavy atom. The maximum Gasteiger partial charge on any atom is 0.262 e. The van der Waals surface area contributed by atoms with Gasteiger partial charge in [-0.3, -0.25) is 19.3 Å². The van der Waals surface area contributed by atoms with E-state index in [1.54, 1.807) is 24.3 Å². The summed E-state index contributed by atoms with van der Waals surface area (Å²) in [5.74, 6) is -1.11. The minimum absolute atomic E-state index is 0.0368. The van der Waals surface area contributed by atoms with Gasteiger partial charge in [-0.15, -0.1) is 0 Å². The van der Waals surface area contributed by atoms with Crippen molar-refractivity contribution in [2.45, 2.75) is 64.9 Å². The Kier molecular flexibility index (Phi) is 4.80. The monoisotopic (exact) mass is 388 g/mol. The number of hydrogen-bond acceptors (Lipinski definition) is 4. The molecule has 27 heavy (non-hydrogen) atoms. The molecule has 0 saturated carbocycles. The first kappa shape index (κ1) is 19.8. The zero-order valence-corrected chi connectivity index (χ0v) is 18.0. The van der Waals surface area contributed by atoms with E-state index in [2.05, 4.69) is 39.2 Å². The molecular formula is C20H28N2O4Si. The maximum absolute atomic E-state index is 12.9. The molecule has 2 aliphatic heterocycles. The SMILES string of the molecule is C[SiH](C)OC(C)(CC(C)(C)C)C1NC(=O)C1N1C(=O)c2ccccc2C1=O. The van der Waals surface area contributed by atoms with E-state index >= 15 is 0 Å². The van der Waals surface area contributed by atoms with E-state index in [-0.39, 0.29) is 11.3 Å². The number of imide groups is 1. The Hall–Kier alpha value is -1.99. The molecule has 1 N–H and O–H groups in total. The quantitative estimate of drug-likeness (QED) is 0.477. The number of rotatable bonds is 5. The van der Waals surface area contributed by atoms with E-state index in [9.17, 15) is 14.4 Å². The number of fused-ring (bicyclic) bond motifs is 1. The molecule has 2 heterocycles. The second-order valence-corrected chi connectivity index (χ2v) is 11.5. The highest BCUT2D eigenvalue weighted by Gasteiger charge is 2.58. The minimum Gasteiger partial charge on any atom is -0.413 e. The molecule has 1 fully saturated rings. The second-order valence-electron chi connectivity index (χ2n) is 9.17. The van der Waals surface area contributed by atoms with Crippen molar-refractivity contribution in [1.29, 1.82) is 0 Å². The molecule has 2 aliphatic rings. The largest absolute Gasteiger partial charge is 0.413 e. The van der Waals surface area contributed by atoms with Gasteiger partial charge in [0.15, 0.2) is 9.04 Å². The minimum atomic E-state index is -1.43. The molecule has 3 atom stereocenters. The molecular weight excluding hydrogens is 360 g/mol. The molecule has 6 nitrogen and oxygen atoms in total. The lowest BCUT2D eigenvalue weighted by Gasteiger charge is -2.52. The van der Waals surface area contributed by atoms with Gasteiger partial charge in [0, 0.05) is 0 Å². The lowest BCUT2D eigenvalue weighted by atomic mass is 9.74. The van der Waals surface area contributed by atoms with Crippen LogP contribution < -0.4 is 5.32 Å². The standard InChI is InChI=1S/C20H28N2O4Si/c1-19(2,3)11-20(4,26-27(5)6)15-14(16(23)21-15)22-17(24)12-9-7-8-10-13(12)18(22)25/h7-10,14-15,27H,11H2,1-6H3,(H,21,23). The number of nitrogens with one attached hydrogen (secondary N) is 1. The molecule has 0 bridgehead atoms. The van der Waals surface area contributed by atoms with Gasteiger partial charge in [0.1, 0.15) is 6.04 Å². The fourth-order valence-electron chi connectivity index (χ4n) is 4.40. The van der Waals surface area contributed by atoms with Crippen LogP contribution in [0.4, 0.5) is 0 Å². The van der Waals surface area contributed by atoms with Crippen LogP contribution in [0.15, 0.2) is 24.3 Å². The molecule has 0 aromatic heterocycles. The molecule has 3 rings (SSSR count). The van der Waals surface area contributed by atoms with Gasteiger partial charge in [-0.25, -0.2) is 0 Å². The number of hydrogen-bond donors (Lipinski definition) is 1. The summed E-state index contributed by atoms with van der Waals surface area (Å²) in [7, 11) is -1.43. The first-order chi connectivity index (χ1) is 12.4. The normalized spacial score (nSPS) is 24.6. The topological polar surface area (TPSA) is 75.7 Å². The summed E-state index contributed by atoms with van der Waals surface area (Å²) >= 11 is 0. The second kappa shape index (κ2) is 6.56. The van der Waals surface area contributed by atoms with Crippen molar-refractivity contribution in [2.75, 3.05) is 0 Å². The number of amides is 3. The van der Waals surface area contributed by atoms with Crippen LogP contribution in [-0.4, -0.2) is 49.3 Å². The van der Waals surface area contributed by atoms with Crippen molar-refractivity contribution in [1.82, 2.24) is 10.2 Å². The molecule has 3 amide bonds. The van der Waals surface area contributed by atoms with Gasteiger partial charge < -0.3 is 9.74 Å². The van der Waals surface area contributed by atoms with Crippen LogP contribution >= 0.6 is 0 Å². The maximum atomic E-state index is 12.9. The van der Waals surface area contributed by atoms with E-state index in [1.165, 1.54) is 0 Å². The summed E-state index contributed by atoms with van der Waals surface area (Å²) in [5.41, 5.74) is 0.0347. The van der Waals surface area contributed by atoms with Crippen molar-refractivity contribution >= 4 is 26.8 Å². The van der Waals surface area contributed by atoms with Gasteiger partial charge in [-0.1, -0.05) is 32.9 Å². The molecule has 0 spiro atoms. The average molecular weight is 389 g/mol. The van der Waals surface area contributed by atoms with Crippen molar-refractivity contribution in [3.63, 3.8) is 0 Å². The Balaban J connectivity index is 1.95. The highest BCUT2D eigenvalue weighted by atomic mass is 28.3. The van der Waals surface area contributed by atoms with Gasteiger partial charge in [0.2, 0.25) is 5.91 Å². The lowest BCUT2D eigenvalue weighted by Crippen LogP contribution is -2.77. The first-order valence-corrected chi connectivity index (χ1v) is 12.2. The molecule has 1 aromatic rings. The van der Waals surface area contributed by atoms with Crippen LogP contribution in [0.25, 0.3) is 0 Å². The highest BCUT2D eigenvalue weighted by molar-refractivity contribution is 6.48. The number of β-lactam (4-membered cyclic amide) rings is 1. The van der Waals surface area contributed by atoms with Crippen molar-refractivity contribution < 1.29 is 18.8 Å². The molecule has 0 aliphatic carbocycles. The molecule has 1 aromatic carbocycles. The number of carbonyl (C=O) groups excluding carboxylic acids is 3. The van der Waals surface area contributed by atoms with E-state index < -0.39 is 38.5 Å². The van der Waals surface area contributed by atoms with Gasteiger partial charge in [0.05, 0.1) is 22.8 Å². The van der Waals surface area contributed by atoms with Crippen LogP contribution in [0.1, 0.15) is 54.8 Å². The van der Waals surface area contributed by atoms with E-state index in [4.69, 9.17) is 4.43 Å². The van der Waals surface area contributed by atoms with Gasteiger partial charge in [0.25, 0.3) is 11.8 Å². The van der Waals surface area contributed by atoms with Gasteiger partial charge in [-0.05, 0) is 44.0 Å². The van der Waals surface area contributed by atoms with Crippen LogP contribution in [-0.2, 0) is 9.22 Å². The van der Waals surface area contributed by atoms with Crippen LogP contribution in [0.2, 0.25) is 13.1 Å². The third kappa shape index (κ3) is 3.46. The van der Waals surface area contributed by atoms with Crippen molar-refractivity contribution in [3.05, 3.63) is 35.4 Å². The Labute approximate surface area is 162 Å². The molecule has 0 radical (unpaired) electrons. The van der Waals surface area contributed by atoms with Crippen molar-refractivity contribution in [3.8, 4) is 0 Å². The summed E-state index contributed by atoms with van der Waals surface area (Å²) < 4.78 is 6.38. The molecule has 7 heteroatoms. The average Bonchev–Trinajstić information content (AvgIpc) is 2.75. The summed E-state index contributed by atoms with van der Waals surface area (Å²) in [5, 5.41) is 2.92.